The van der Waals surface area contributed by atoms with Crippen molar-refractivity contribution in [1.29, 1.82) is 0 Å². The molecule has 0 atom stereocenters. The first-order valence-corrected chi connectivity index (χ1v) is 14.7. The molecule has 11 heteroatoms. The fraction of sp³-hybridized carbons (Fsp3) is 0.185. The molecular formula is C27H24ClN5O3S2. The molecule has 0 aliphatic rings. The molecule has 3 heterocycles. The van der Waals surface area contributed by atoms with Gasteiger partial charge in [0, 0.05) is 17.5 Å². The Balaban J connectivity index is 1.40. The lowest BCUT2D eigenvalue weighted by molar-refractivity contribution is 0.107. The summed E-state index contributed by atoms with van der Waals surface area (Å²) < 4.78 is 30.1. The van der Waals surface area contributed by atoms with Crippen molar-refractivity contribution < 1.29 is 13.2 Å². The zero-order valence-electron chi connectivity index (χ0n) is 20.7. The summed E-state index contributed by atoms with van der Waals surface area (Å²) in [5, 5.41) is 1.39. The van der Waals surface area contributed by atoms with Gasteiger partial charge in [-0.05, 0) is 47.5 Å². The standard InChI is InChI=1S/C27H24ClN5O3S2/c1-3-7-22-30-23-17(2)29-27(28)31-24(23)33(22)16-18-10-12-19(13-11-18)21-14-15-37-25(21)32-38(35,36)26(34)20-8-5-4-6-9-20/h4-6,8-15,32H,3,7,16H2,1-2H3. The molecule has 0 aliphatic heterocycles. The number of thiophene rings is 1. The number of sulfonamides is 1. The molecule has 5 rings (SSSR count). The van der Waals surface area contributed by atoms with E-state index in [1.54, 1.807) is 23.6 Å². The van der Waals surface area contributed by atoms with Crippen molar-refractivity contribution in [2.45, 2.75) is 33.2 Å². The third-order valence-corrected chi connectivity index (χ3v) is 8.37. The van der Waals surface area contributed by atoms with Gasteiger partial charge in [0.2, 0.25) is 5.28 Å². The molecule has 0 saturated heterocycles. The van der Waals surface area contributed by atoms with E-state index in [2.05, 4.69) is 26.2 Å². The number of halogens is 1. The van der Waals surface area contributed by atoms with E-state index in [0.29, 0.717) is 22.8 Å². The number of hydrogen-bond donors (Lipinski definition) is 1. The van der Waals surface area contributed by atoms with Crippen molar-refractivity contribution in [2.75, 3.05) is 4.72 Å². The van der Waals surface area contributed by atoms with E-state index in [1.807, 2.05) is 37.3 Å². The third-order valence-electron chi connectivity index (χ3n) is 6.05. The second kappa shape index (κ2) is 10.6. The summed E-state index contributed by atoms with van der Waals surface area (Å²) >= 11 is 7.37. The minimum atomic E-state index is -4.26. The summed E-state index contributed by atoms with van der Waals surface area (Å²) in [6.07, 6.45) is 1.73. The van der Waals surface area contributed by atoms with Crippen LogP contribution in [-0.2, 0) is 23.0 Å². The zero-order valence-corrected chi connectivity index (χ0v) is 23.1. The van der Waals surface area contributed by atoms with Crippen molar-refractivity contribution in [3.63, 3.8) is 0 Å². The van der Waals surface area contributed by atoms with Crippen molar-refractivity contribution in [2.24, 2.45) is 0 Å². The number of rotatable bonds is 8. The Labute approximate surface area is 229 Å². The predicted octanol–water partition coefficient (Wildman–Crippen LogP) is 6.10. The van der Waals surface area contributed by atoms with Crippen LogP contribution in [0.4, 0.5) is 5.00 Å². The van der Waals surface area contributed by atoms with Crippen LogP contribution in [-0.4, -0.2) is 33.1 Å². The number of aryl methyl sites for hydroxylation is 2. The topological polar surface area (TPSA) is 107 Å². The predicted molar refractivity (Wildman–Crippen MR) is 151 cm³/mol. The molecule has 1 N–H and O–H groups in total. The third kappa shape index (κ3) is 5.20. The number of fused-ring (bicyclic) bond motifs is 1. The van der Waals surface area contributed by atoms with E-state index in [9.17, 15) is 13.2 Å². The van der Waals surface area contributed by atoms with Gasteiger partial charge in [0.25, 0.3) is 5.12 Å². The van der Waals surface area contributed by atoms with Gasteiger partial charge in [-0.25, -0.2) is 9.97 Å². The highest BCUT2D eigenvalue weighted by molar-refractivity contribution is 8.07. The quantitative estimate of drug-likeness (QED) is 0.228. The van der Waals surface area contributed by atoms with Crippen LogP contribution in [0.25, 0.3) is 22.3 Å². The molecule has 2 aromatic carbocycles. The number of imidazole rings is 1. The maximum Gasteiger partial charge on any atom is 0.301 e. The van der Waals surface area contributed by atoms with Gasteiger partial charge in [-0.2, -0.15) is 13.4 Å². The maximum absolute atomic E-state index is 12.8. The van der Waals surface area contributed by atoms with Gasteiger partial charge in [0.05, 0.1) is 12.2 Å². The normalized spacial score (nSPS) is 11.7. The number of anilines is 1. The first kappa shape index (κ1) is 26.0. The van der Waals surface area contributed by atoms with Crippen LogP contribution in [0.5, 0.6) is 0 Å². The molecule has 0 fully saturated rings. The zero-order chi connectivity index (χ0) is 26.9. The lowest BCUT2D eigenvalue weighted by Gasteiger charge is -2.11. The first-order valence-electron chi connectivity index (χ1n) is 11.9. The maximum atomic E-state index is 12.8. The van der Waals surface area contributed by atoms with E-state index in [4.69, 9.17) is 16.6 Å². The molecule has 0 bridgehead atoms. The van der Waals surface area contributed by atoms with Crippen LogP contribution in [0.2, 0.25) is 5.28 Å². The summed E-state index contributed by atoms with van der Waals surface area (Å²) in [5.41, 5.74) is 4.84. The molecule has 0 spiro atoms. The largest absolute Gasteiger partial charge is 0.308 e. The Morgan fingerprint density at radius 1 is 1.03 bits per heavy atom. The van der Waals surface area contributed by atoms with Gasteiger partial charge in [0.1, 0.15) is 16.3 Å². The first-order chi connectivity index (χ1) is 18.3. The number of carbonyl (C=O) groups is 1. The van der Waals surface area contributed by atoms with Crippen LogP contribution >= 0.6 is 22.9 Å². The van der Waals surface area contributed by atoms with Gasteiger partial charge in [-0.3, -0.25) is 9.52 Å². The molecule has 0 aliphatic carbocycles. The fourth-order valence-electron chi connectivity index (χ4n) is 4.22. The van der Waals surface area contributed by atoms with E-state index in [-0.39, 0.29) is 10.8 Å². The molecule has 0 radical (unpaired) electrons. The van der Waals surface area contributed by atoms with Crippen molar-refractivity contribution in [3.8, 4) is 11.1 Å². The molecule has 3 aromatic heterocycles. The fourth-order valence-corrected chi connectivity index (χ4v) is 6.49. The van der Waals surface area contributed by atoms with Crippen LogP contribution in [0.1, 0.15) is 40.8 Å². The van der Waals surface area contributed by atoms with Gasteiger partial charge >= 0.3 is 10.0 Å². The smallest absolute Gasteiger partial charge is 0.301 e. The van der Waals surface area contributed by atoms with Crippen LogP contribution in [0.15, 0.2) is 66.0 Å². The summed E-state index contributed by atoms with van der Waals surface area (Å²) in [6, 6.07) is 17.6. The number of nitrogens with one attached hydrogen (secondary N) is 1. The van der Waals surface area contributed by atoms with Crippen molar-refractivity contribution in [3.05, 3.63) is 94.0 Å². The molecule has 194 valence electrons. The van der Waals surface area contributed by atoms with Gasteiger partial charge in [0.15, 0.2) is 5.65 Å². The van der Waals surface area contributed by atoms with Gasteiger partial charge < -0.3 is 4.57 Å². The summed E-state index contributed by atoms with van der Waals surface area (Å²) in [4.78, 5) is 26.0. The number of nitrogens with zero attached hydrogens (tertiary/aromatic N) is 4. The summed E-state index contributed by atoms with van der Waals surface area (Å²) in [5.74, 6) is 0.920. The van der Waals surface area contributed by atoms with E-state index in [1.165, 1.54) is 23.5 Å². The summed E-state index contributed by atoms with van der Waals surface area (Å²) in [7, 11) is -4.26. The SMILES string of the molecule is CCCc1nc2c(C)nc(Cl)nc2n1Cc1ccc(-c2ccsc2NS(=O)(=O)C(=O)c2ccccc2)cc1. The highest BCUT2D eigenvalue weighted by atomic mass is 35.5. The molecular weight excluding hydrogens is 542 g/mol. The van der Waals surface area contributed by atoms with Crippen molar-refractivity contribution >= 4 is 54.2 Å². The second-order valence-electron chi connectivity index (χ2n) is 8.73. The molecule has 0 unspecified atom stereocenters. The molecule has 5 aromatic rings. The Kier molecular flexibility index (Phi) is 7.29. The Bertz CT molecular complexity index is 1730. The van der Waals surface area contributed by atoms with Gasteiger partial charge in [-0.1, -0.05) is 61.5 Å². The number of hydrogen-bond acceptors (Lipinski definition) is 7. The molecule has 0 saturated carbocycles. The van der Waals surface area contributed by atoms with E-state index >= 15 is 0 Å². The minimum absolute atomic E-state index is 0.110. The molecule has 8 nitrogen and oxygen atoms in total. The minimum Gasteiger partial charge on any atom is -0.308 e. The number of carbonyl (C=O) groups excluding carboxylic acids is 1. The molecule has 38 heavy (non-hydrogen) atoms. The number of aromatic nitrogens is 4. The second-order valence-corrected chi connectivity index (χ2v) is 11.6. The number of benzene rings is 2. The van der Waals surface area contributed by atoms with Crippen LogP contribution in [0, 0.1) is 6.92 Å². The lowest BCUT2D eigenvalue weighted by atomic mass is 10.1. The van der Waals surface area contributed by atoms with Crippen LogP contribution < -0.4 is 4.72 Å². The van der Waals surface area contributed by atoms with Crippen molar-refractivity contribution in [1.82, 2.24) is 19.5 Å². The van der Waals surface area contributed by atoms with Crippen LogP contribution in [0.3, 0.4) is 0 Å². The summed E-state index contributed by atoms with van der Waals surface area (Å²) in [6.45, 7) is 4.52. The van der Waals surface area contributed by atoms with Gasteiger partial charge in [-0.15, -0.1) is 11.3 Å². The Hall–Kier alpha value is -3.60. The highest BCUT2D eigenvalue weighted by Gasteiger charge is 2.25. The van der Waals surface area contributed by atoms with E-state index in [0.717, 1.165) is 41.0 Å². The average molecular weight is 566 g/mol. The highest BCUT2D eigenvalue weighted by Crippen LogP contribution is 2.34. The lowest BCUT2D eigenvalue weighted by Crippen LogP contribution is -2.22. The molecule has 0 amide bonds. The Morgan fingerprint density at radius 2 is 1.76 bits per heavy atom. The van der Waals surface area contributed by atoms with E-state index < -0.39 is 15.1 Å². The average Bonchev–Trinajstić information content (AvgIpc) is 3.49. The Morgan fingerprint density at radius 3 is 2.47 bits per heavy atom. The monoisotopic (exact) mass is 565 g/mol.